The highest BCUT2D eigenvalue weighted by Gasteiger charge is 2.32. The van der Waals surface area contributed by atoms with Crippen LogP contribution in [0.2, 0.25) is 0 Å². The van der Waals surface area contributed by atoms with Crippen molar-refractivity contribution in [3.63, 3.8) is 0 Å². The van der Waals surface area contributed by atoms with Gasteiger partial charge < -0.3 is 4.90 Å². The number of piperazine rings is 1. The van der Waals surface area contributed by atoms with Gasteiger partial charge in [-0.1, -0.05) is 31.5 Å². The third-order valence-electron chi connectivity index (χ3n) is 4.38. The predicted octanol–water partition coefficient (Wildman–Crippen LogP) is 2.49. The molecule has 0 spiro atoms. The molecule has 0 unspecified atom stereocenters. The summed E-state index contributed by atoms with van der Waals surface area (Å²) in [5.74, 6) is 0.432. The lowest BCUT2D eigenvalue weighted by molar-refractivity contribution is -0.133. The number of sulfonamides is 1. The molecule has 0 radical (unpaired) electrons. The fraction of sp³-hybridized carbons (Fsp3) is 0.611. The number of hydrogen-bond donors (Lipinski definition) is 0. The zero-order valence-corrected chi connectivity index (χ0v) is 16.1. The van der Waals surface area contributed by atoms with Crippen LogP contribution in [0, 0.1) is 26.7 Å². The predicted molar refractivity (Wildman–Crippen MR) is 95.4 cm³/mol. The van der Waals surface area contributed by atoms with Crippen LogP contribution in [0.3, 0.4) is 0 Å². The van der Waals surface area contributed by atoms with E-state index in [1.165, 1.54) is 4.31 Å². The minimum absolute atomic E-state index is 0.116. The first-order valence-electron chi connectivity index (χ1n) is 8.48. The molecule has 24 heavy (non-hydrogen) atoms. The van der Waals surface area contributed by atoms with Crippen molar-refractivity contribution in [1.29, 1.82) is 0 Å². The number of benzene rings is 1. The number of amides is 1. The van der Waals surface area contributed by atoms with Crippen LogP contribution in [0.25, 0.3) is 0 Å². The van der Waals surface area contributed by atoms with E-state index in [0.29, 0.717) is 43.4 Å². The van der Waals surface area contributed by atoms with Gasteiger partial charge in [0.15, 0.2) is 0 Å². The molecule has 0 aliphatic carbocycles. The summed E-state index contributed by atoms with van der Waals surface area (Å²) in [5.41, 5.74) is 2.63. The Hall–Kier alpha value is -1.40. The Morgan fingerprint density at radius 1 is 1.04 bits per heavy atom. The molecule has 0 bridgehead atoms. The first-order valence-corrected chi connectivity index (χ1v) is 9.92. The maximum absolute atomic E-state index is 13.0. The second-order valence-electron chi connectivity index (χ2n) is 7.11. The minimum Gasteiger partial charge on any atom is -0.340 e. The van der Waals surface area contributed by atoms with Crippen molar-refractivity contribution in [1.82, 2.24) is 9.21 Å². The zero-order valence-electron chi connectivity index (χ0n) is 15.3. The van der Waals surface area contributed by atoms with Crippen LogP contribution in [-0.2, 0) is 14.8 Å². The van der Waals surface area contributed by atoms with Gasteiger partial charge in [-0.05, 0) is 37.8 Å². The number of nitrogens with zero attached hydrogens (tertiary/aromatic N) is 2. The molecule has 134 valence electrons. The van der Waals surface area contributed by atoms with Gasteiger partial charge in [-0.15, -0.1) is 0 Å². The van der Waals surface area contributed by atoms with Crippen LogP contribution in [-0.4, -0.2) is 49.7 Å². The average Bonchev–Trinajstić information content (AvgIpc) is 2.45. The summed E-state index contributed by atoms with van der Waals surface area (Å²) in [6, 6.07) is 3.81. The number of rotatable bonds is 4. The summed E-state index contributed by atoms with van der Waals surface area (Å²) < 4.78 is 27.5. The maximum atomic E-state index is 13.0. The Morgan fingerprint density at radius 3 is 2.00 bits per heavy atom. The third kappa shape index (κ3) is 3.98. The second-order valence-corrected chi connectivity index (χ2v) is 8.99. The van der Waals surface area contributed by atoms with Crippen molar-refractivity contribution in [3.05, 3.63) is 28.8 Å². The van der Waals surface area contributed by atoms with Gasteiger partial charge in [0.1, 0.15) is 0 Å². The molecule has 1 aliphatic heterocycles. The molecule has 5 nitrogen and oxygen atoms in total. The molecule has 1 aromatic carbocycles. The SMILES string of the molecule is Cc1cc(C)c(S(=O)(=O)N2CCN(C(=O)CC(C)C)CC2)c(C)c1. The van der Waals surface area contributed by atoms with E-state index in [2.05, 4.69) is 0 Å². The van der Waals surface area contributed by atoms with Gasteiger partial charge in [0.25, 0.3) is 0 Å². The highest BCUT2D eigenvalue weighted by molar-refractivity contribution is 7.89. The van der Waals surface area contributed by atoms with Gasteiger partial charge in [0.2, 0.25) is 15.9 Å². The Morgan fingerprint density at radius 2 is 1.54 bits per heavy atom. The van der Waals surface area contributed by atoms with E-state index in [9.17, 15) is 13.2 Å². The van der Waals surface area contributed by atoms with Gasteiger partial charge in [-0.2, -0.15) is 4.31 Å². The quantitative estimate of drug-likeness (QED) is 0.836. The van der Waals surface area contributed by atoms with E-state index in [1.54, 1.807) is 4.90 Å². The van der Waals surface area contributed by atoms with E-state index in [1.807, 2.05) is 46.8 Å². The van der Waals surface area contributed by atoms with Crippen molar-refractivity contribution < 1.29 is 13.2 Å². The lowest BCUT2D eigenvalue weighted by atomic mass is 10.1. The van der Waals surface area contributed by atoms with Crippen LogP contribution in [0.4, 0.5) is 0 Å². The van der Waals surface area contributed by atoms with Crippen molar-refractivity contribution in [2.45, 2.75) is 45.9 Å². The normalized spacial score (nSPS) is 16.7. The summed E-state index contributed by atoms with van der Waals surface area (Å²) >= 11 is 0. The van der Waals surface area contributed by atoms with Crippen LogP contribution < -0.4 is 0 Å². The molecule has 0 aromatic heterocycles. The zero-order chi connectivity index (χ0) is 18.1. The van der Waals surface area contributed by atoms with Gasteiger partial charge >= 0.3 is 0 Å². The van der Waals surface area contributed by atoms with E-state index >= 15 is 0 Å². The van der Waals surface area contributed by atoms with Gasteiger partial charge in [-0.25, -0.2) is 8.42 Å². The lowest BCUT2D eigenvalue weighted by Crippen LogP contribution is -2.50. The maximum Gasteiger partial charge on any atom is 0.243 e. The molecule has 1 amide bonds. The van der Waals surface area contributed by atoms with Gasteiger partial charge in [0, 0.05) is 32.6 Å². The lowest BCUT2D eigenvalue weighted by Gasteiger charge is -2.35. The molecular weight excluding hydrogens is 324 g/mol. The molecule has 1 saturated heterocycles. The van der Waals surface area contributed by atoms with Crippen molar-refractivity contribution in [2.24, 2.45) is 5.92 Å². The standard InChI is InChI=1S/C18H28N2O3S/c1-13(2)10-17(21)19-6-8-20(9-7-19)24(22,23)18-15(4)11-14(3)12-16(18)5/h11-13H,6-10H2,1-5H3. The average molecular weight is 353 g/mol. The van der Waals surface area contributed by atoms with E-state index in [-0.39, 0.29) is 5.91 Å². The molecule has 6 heteroatoms. The highest BCUT2D eigenvalue weighted by atomic mass is 32.2. The fourth-order valence-electron chi connectivity index (χ4n) is 3.36. The Labute approximate surface area is 145 Å². The molecule has 2 rings (SSSR count). The molecule has 1 aliphatic rings. The summed E-state index contributed by atoms with van der Waals surface area (Å²) in [6.45, 7) is 11.3. The molecule has 0 saturated carbocycles. The Kier molecular flexibility index (Phi) is 5.71. The van der Waals surface area contributed by atoms with E-state index < -0.39 is 10.0 Å². The summed E-state index contributed by atoms with van der Waals surface area (Å²) in [5, 5.41) is 0. The molecular formula is C18H28N2O3S. The molecule has 0 atom stereocenters. The third-order valence-corrected chi connectivity index (χ3v) is 6.58. The molecule has 1 heterocycles. The van der Waals surface area contributed by atoms with Crippen LogP contribution >= 0.6 is 0 Å². The summed E-state index contributed by atoms with van der Waals surface area (Å²) in [4.78, 5) is 14.3. The fourth-order valence-corrected chi connectivity index (χ4v) is 5.19. The first-order chi connectivity index (χ1) is 11.1. The molecule has 0 N–H and O–H groups in total. The van der Waals surface area contributed by atoms with Crippen molar-refractivity contribution >= 4 is 15.9 Å². The van der Waals surface area contributed by atoms with Crippen LogP contribution in [0.5, 0.6) is 0 Å². The summed E-state index contributed by atoms with van der Waals surface area (Å²) in [6.07, 6.45) is 0.517. The van der Waals surface area contributed by atoms with Gasteiger partial charge in [0.05, 0.1) is 4.90 Å². The van der Waals surface area contributed by atoms with Crippen LogP contribution in [0.15, 0.2) is 17.0 Å². The van der Waals surface area contributed by atoms with Gasteiger partial charge in [-0.3, -0.25) is 4.79 Å². The highest BCUT2D eigenvalue weighted by Crippen LogP contribution is 2.26. The van der Waals surface area contributed by atoms with Crippen molar-refractivity contribution in [3.8, 4) is 0 Å². The Bertz CT molecular complexity index is 695. The smallest absolute Gasteiger partial charge is 0.243 e. The number of carbonyl (C=O) groups excluding carboxylic acids is 1. The second kappa shape index (κ2) is 7.23. The number of aryl methyl sites for hydroxylation is 3. The monoisotopic (exact) mass is 352 g/mol. The summed E-state index contributed by atoms with van der Waals surface area (Å²) in [7, 11) is -3.52. The largest absolute Gasteiger partial charge is 0.340 e. The molecule has 1 aromatic rings. The van der Waals surface area contributed by atoms with Crippen LogP contribution in [0.1, 0.15) is 37.0 Å². The number of hydrogen-bond acceptors (Lipinski definition) is 3. The molecule has 1 fully saturated rings. The minimum atomic E-state index is -3.52. The van der Waals surface area contributed by atoms with E-state index in [4.69, 9.17) is 0 Å². The first kappa shape index (κ1) is 18.9. The number of carbonyl (C=O) groups is 1. The topological polar surface area (TPSA) is 57.7 Å². The van der Waals surface area contributed by atoms with E-state index in [0.717, 1.165) is 16.7 Å². The Balaban J connectivity index is 2.15. The van der Waals surface area contributed by atoms with Crippen molar-refractivity contribution in [2.75, 3.05) is 26.2 Å².